The van der Waals surface area contributed by atoms with E-state index >= 15 is 0 Å². The Hall–Kier alpha value is -2.24. The lowest BCUT2D eigenvalue weighted by Crippen LogP contribution is -2.32. The number of carboxylic acid groups (broad SMARTS) is 1. The fourth-order valence-corrected chi connectivity index (χ4v) is 1.58. The van der Waals surface area contributed by atoms with Gasteiger partial charge in [0.15, 0.2) is 0 Å². The van der Waals surface area contributed by atoms with E-state index in [1.807, 2.05) is 0 Å². The van der Waals surface area contributed by atoms with Gasteiger partial charge in [0.2, 0.25) is 0 Å². The molecule has 0 fully saturated rings. The molecule has 0 aromatic heterocycles. The molecule has 1 aromatic carbocycles. The summed E-state index contributed by atoms with van der Waals surface area (Å²) in [5.41, 5.74) is 14.4. The molecule has 1 unspecified atom stereocenters. The second-order valence-electron chi connectivity index (χ2n) is 4.30. The van der Waals surface area contributed by atoms with Crippen LogP contribution in [0.25, 0.3) is 10.4 Å². The van der Waals surface area contributed by atoms with Crippen molar-refractivity contribution in [2.75, 3.05) is 13.2 Å². The predicted molar refractivity (Wildman–Crippen MR) is 74.5 cm³/mol. The zero-order chi connectivity index (χ0) is 14.8. The van der Waals surface area contributed by atoms with Gasteiger partial charge < -0.3 is 15.6 Å². The summed E-state index contributed by atoms with van der Waals surface area (Å²) >= 11 is 0. The van der Waals surface area contributed by atoms with Gasteiger partial charge in [0, 0.05) is 11.5 Å². The second-order valence-corrected chi connectivity index (χ2v) is 4.30. The maximum atomic E-state index is 10.6. The Kier molecular flexibility index (Phi) is 6.95. The topological polar surface area (TPSA) is 121 Å². The molecule has 0 amide bonds. The molecule has 0 aliphatic carbocycles. The number of carboxylic acids is 1. The third-order valence-corrected chi connectivity index (χ3v) is 2.68. The summed E-state index contributed by atoms with van der Waals surface area (Å²) in [7, 11) is 0. The number of carbonyl (C=O) groups is 1. The Morgan fingerprint density at radius 3 is 2.70 bits per heavy atom. The van der Waals surface area contributed by atoms with E-state index in [2.05, 4.69) is 10.0 Å². The summed E-state index contributed by atoms with van der Waals surface area (Å²) in [6, 6.07) is 6.30. The van der Waals surface area contributed by atoms with E-state index < -0.39 is 12.0 Å². The molecule has 0 bridgehead atoms. The molecule has 1 aromatic rings. The third kappa shape index (κ3) is 6.08. The summed E-state index contributed by atoms with van der Waals surface area (Å²) in [6.07, 6.45) is 1.89. The average molecular weight is 278 g/mol. The molecule has 0 aliphatic rings. The average Bonchev–Trinajstić information content (AvgIpc) is 2.44. The number of nitrogens with two attached hydrogens (primary N) is 1. The molecule has 7 nitrogen and oxygen atoms in total. The maximum Gasteiger partial charge on any atom is 0.320 e. The van der Waals surface area contributed by atoms with Crippen LogP contribution in [0.1, 0.15) is 18.4 Å². The van der Waals surface area contributed by atoms with E-state index in [1.54, 1.807) is 24.3 Å². The van der Waals surface area contributed by atoms with Gasteiger partial charge in [-0.15, -0.1) is 0 Å². The lowest BCUT2D eigenvalue weighted by atomic mass is 10.1. The van der Waals surface area contributed by atoms with Gasteiger partial charge in [0.05, 0.1) is 6.61 Å². The highest BCUT2D eigenvalue weighted by Gasteiger charge is 2.11. The summed E-state index contributed by atoms with van der Waals surface area (Å²) in [5.74, 6) is -0.285. The molecule has 20 heavy (non-hydrogen) atoms. The molecule has 1 rings (SSSR count). The maximum absolute atomic E-state index is 10.6. The fraction of sp³-hybridized carbons (Fsp3) is 0.462. The van der Waals surface area contributed by atoms with Gasteiger partial charge in [-0.3, -0.25) is 4.79 Å². The van der Waals surface area contributed by atoms with Gasteiger partial charge >= 0.3 is 5.97 Å². The first-order valence-corrected chi connectivity index (χ1v) is 6.34. The van der Waals surface area contributed by atoms with Crippen LogP contribution in [0, 0.1) is 0 Å². The number of hydrogen-bond acceptors (Lipinski definition) is 4. The second kappa shape index (κ2) is 8.79. The minimum absolute atomic E-state index is 0.293. The van der Waals surface area contributed by atoms with E-state index in [0.29, 0.717) is 19.6 Å². The van der Waals surface area contributed by atoms with Crippen LogP contribution in [0.2, 0.25) is 0 Å². The van der Waals surface area contributed by atoms with E-state index in [1.165, 1.54) is 0 Å². The van der Waals surface area contributed by atoms with Crippen molar-refractivity contribution in [1.82, 2.24) is 0 Å². The molecule has 108 valence electrons. The SMILES string of the molecule is [N-]=[N+]=NCCCCOc1ccc(CC(N)C(=O)O)cc1. The standard InChI is InChI=1S/C13H18N4O3/c14-12(13(18)19)9-10-3-5-11(6-4-10)20-8-2-1-7-16-17-15/h3-6,12H,1-2,7-9,14H2,(H,18,19). The third-order valence-electron chi connectivity index (χ3n) is 2.68. The molecule has 0 heterocycles. The minimum Gasteiger partial charge on any atom is -0.494 e. The van der Waals surface area contributed by atoms with Crippen LogP contribution in [-0.2, 0) is 11.2 Å². The van der Waals surface area contributed by atoms with Crippen LogP contribution in [0.15, 0.2) is 29.4 Å². The molecule has 0 saturated heterocycles. The number of benzene rings is 1. The zero-order valence-electron chi connectivity index (χ0n) is 11.1. The summed E-state index contributed by atoms with van der Waals surface area (Å²) < 4.78 is 5.51. The van der Waals surface area contributed by atoms with Crippen molar-refractivity contribution in [2.24, 2.45) is 10.8 Å². The number of hydrogen-bond donors (Lipinski definition) is 2. The van der Waals surface area contributed by atoms with Crippen LogP contribution in [0.4, 0.5) is 0 Å². The number of ether oxygens (including phenoxy) is 1. The normalized spacial score (nSPS) is 11.4. The fourth-order valence-electron chi connectivity index (χ4n) is 1.58. The van der Waals surface area contributed by atoms with Crippen molar-refractivity contribution in [3.8, 4) is 5.75 Å². The first kappa shape index (κ1) is 15.8. The van der Waals surface area contributed by atoms with E-state index in [9.17, 15) is 4.79 Å². The van der Waals surface area contributed by atoms with Crippen molar-refractivity contribution in [3.05, 3.63) is 40.3 Å². The van der Waals surface area contributed by atoms with Gasteiger partial charge in [-0.1, -0.05) is 17.2 Å². The minimum atomic E-state index is -1.01. The molecular formula is C13H18N4O3. The lowest BCUT2D eigenvalue weighted by molar-refractivity contribution is -0.138. The number of azide groups is 1. The highest BCUT2D eigenvalue weighted by Crippen LogP contribution is 2.13. The Morgan fingerprint density at radius 1 is 1.40 bits per heavy atom. The van der Waals surface area contributed by atoms with Crippen LogP contribution in [0.3, 0.4) is 0 Å². The molecule has 0 spiro atoms. The van der Waals surface area contributed by atoms with Gasteiger partial charge in [-0.2, -0.15) is 0 Å². The van der Waals surface area contributed by atoms with Crippen molar-refractivity contribution < 1.29 is 14.6 Å². The van der Waals surface area contributed by atoms with E-state index in [-0.39, 0.29) is 0 Å². The molecular weight excluding hydrogens is 260 g/mol. The highest BCUT2D eigenvalue weighted by molar-refractivity contribution is 5.73. The van der Waals surface area contributed by atoms with Gasteiger partial charge in [0.1, 0.15) is 11.8 Å². The number of nitrogens with zero attached hydrogens (tertiary/aromatic N) is 3. The van der Waals surface area contributed by atoms with Crippen molar-refractivity contribution in [1.29, 1.82) is 0 Å². The summed E-state index contributed by atoms with van der Waals surface area (Å²) in [4.78, 5) is 13.3. The highest BCUT2D eigenvalue weighted by atomic mass is 16.5. The summed E-state index contributed by atoms with van der Waals surface area (Å²) in [5, 5.41) is 12.2. The Labute approximate surface area is 117 Å². The summed E-state index contributed by atoms with van der Waals surface area (Å²) in [6.45, 7) is 1.03. The smallest absolute Gasteiger partial charge is 0.320 e. The predicted octanol–water partition coefficient (Wildman–Crippen LogP) is 2.11. The first-order valence-electron chi connectivity index (χ1n) is 6.34. The lowest BCUT2D eigenvalue weighted by Gasteiger charge is -2.08. The largest absolute Gasteiger partial charge is 0.494 e. The molecule has 7 heteroatoms. The van der Waals surface area contributed by atoms with Crippen LogP contribution in [-0.4, -0.2) is 30.3 Å². The van der Waals surface area contributed by atoms with Crippen LogP contribution >= 0.6 is 0 Å². The van der Waals surface area contributed by atoms with Crippen molar-refractivity contribution >= 4 is 5.97 Å². The van der Waals surface area contributed by atoms with Gasteiger partial charge in [-0.05, 0) is 42.5 Å². The molecule has 1 atom stereocenters. The molecule has 0 radical (unpaired) electrons. The van der Waals surface area contributed by atoms with E-state index in [4.69, 9.17) is 21.1 Å². The Balaban J connectivity index is 2.31. The Bertz CT molecular complexity index is 469. The van der Waals surface area contributed by atoms with Gasteiger partial charge in [0.25, 0.3) is 0 Å². The van der Waals surface area contributed by atoms with E-state index in [0.717, 1.165) is 24.2 Å². The van der Waals surface area contributed by atoms with Crippen LogP contribution < -0.4 is 10.5 Å². The molecule has 3 N–H and O–H groups in total. The zero-order valence-corrected chi connectivity index (χ0v) is 11.1. The number of aliphatic carboxylic acids is 1. The quantitative estimate of drug-likeness (QED) is 0.311. The molecule has 0 saturated carbocycles. The number of rotatable bonds is 9. The van der Waals surface area contributed by atoms with Crippen molar-refractivity contribution in [2.45, 2.75) is 25.3 Å². The molecule has 0 aliphatic heterocycles. The van der Waals surface area contributed by atoms with Gasteiger partial charge in [-0.25, -0.2) is 0 Å². The van der Waals surface area contributed by atoms with Crippen molar-refractivity contribution in [3.63, 3.8) is 0 Å². The monoisotopic (exact) mass is 278 g/mol. The number of unbranched alkanes of at least 4 members (excludes halogenated alkanes) is 1. The van der Waals surface area contributed by atoms with Crippen LogP contribution in [0.5, 0.6) is 5.75 Å². The Morgan fingerprint density at radius 2 is 2.10 bits per heavy atom. The first-order chi connectivity index (χ1) is 9.63.